The van der Waals surface area contributed by atoms with Crippen LogP contribution in [0.25, 0.3) is 0 Å². The van der Waals surface area contributed by atoms with Crippen molar-refractivity contribution >= 4 is 11.9 Å². The maximum absolute atomic E-state index is 12.4. The average Bonchev–Trinajstić information content (AvgIpc) is 3.27. The minimum absolute atomic E-state index is 0.00894. The molecule has 2 unspecified atom stereocenters. The van der Waals surface area contributed by atoms with E-state index in [1.165, 1.54) is 199 Å². The van der Waals surface area contributed by atoms with Gasteiger partial charge >= 0.3 is 5.97 Å². The molecule has 0 bridgehead atoms. The van der Waals surface area contributed by atoms with E-state index in [4.69, 9.17) is 4.74 Å². The third-order valence-corrected chi connectivity index (χ3v) is 12.7. The van der Waals surface area contributed by atoms with Gasteiger partial charge in [-0.05, 0) is 57.8 Å². The molecule has 0 aromatic rings. The van der Waals surface area contributed by atoms with Gasteiger partial charge in [0.15, 0.2) is 0 Å². The van der Waals surface area contributed by atoms with Gasteiger partial charge < -0.3 is 20.3 Å². The number of unbranched alkanes of at least 4 members (excludes halogenated alkanes) is 38. The summed E-state index contributed by atoms with van der Waals surface area (Å²) >= 11 is 0. The lowest BCUT2D eigenvalue weighted by Crippen LogP contribution is -2.45. The van der Waals surface area contributed by atoms with Gasteiger partial charge in [0.1, 0.15) is 0 Å². The number of aliphatic hydroxyl groups excluding tert-OH is 2. The van der Waals surface area contributed by atoms with Gasteiger partial charge in [-0.2, -0.15) is 0 Å². The minimum Gasteiger partial charge on any atom is -0.466 e. The van der Waals surface area contributed by atoms with Crippen LogP contribution in [0.3, 0.4) is 0 Å². The first-order valence-corrected chi connectivity index (χ1v) is 27.6. The molecule has 1 amide bonds. The van der Waals surface area contributed by atoms with Gasteiger partial charge in [-0.15, -0.1) is 0 Å². The highest BCUT2D eigenvalue weighted by atomic mass is 16.5. The lowest BCUT2D eigenvalue weighted by atomic mass is 10.0. The topological polar surface area (TPSA) is 95.9 Å². The van der Waals surface area contributed by atoms with Crippen molar-refractivity contribution in [3.63, 3.8) is 0 Å². The number of rotatable bonds is 51. The monoisotopic (exact) mass is 874 g/mol. The number of ether oxygens (including phenoxy) is 1. The van der Waals surface area contributed by atoms with E-state index in [1.54, 1.807) is 6.08 Å². The Morgan fingerprint density at radius 2 is 0.758 bits per heavy atom. The van der Waals surface area contributed by atoms with Crippen LogP contribution in [0, 0.1) is 0 Å². The molecule has 0 saturated carbocycles. The fourth-order valence-corrected chi connectivity index (χ4v) is 8.45. The van der Waals surface area contributed by atoms with Gasteiger partial charge in [-0.1, -0.05) is 250 Å². The first kappa shape index (κ1) is 60.3. The summed E-state index contributed by atoms with van der Waals surface area (Å²) in [6.07, 6.45) is 61.8. The number of hydrogen-bond acceptors (Lipinski definition) is 5. The highest BCUT2D eigenvalue weighted by Gasteiger charge is 2.18. The summed E-state index contributed by atoms with van der Waals surface area (Å²) in [4.78, 5) is 24.5. The molecule has 0 fully saturated rings. The molecule has 6 heteroatoms. The van der Waals surface area contributed by atoms with Crippen molar-refractivity contribution in [3.8, 4) is 0 Å². The molecule has 0 aliphatic heterocycles. The lowest BCUT2D eigenvalue weighted by molar-refractivity contribution is -0.143. The molecule has 2 atom stereocenters. The summed E-state index contributed by atoms with van der Waals surface area (Å²) in [5, 5.41) is 23.1. The summed E-state index contributed by atoms with van der Waals surface area (Å²) < 4.78 is 5.46. The largest absolute Gasteiger partial charge is 0.466 e. The summed E-state index contributed by atoms with van der Waals surface area (Å²) in [6, 6.07) is -0.638. The minimum atomic E-state index is -0.854. The molecule has 3 N–H and O–H groups in total. The second-order valence-corrected chi connectivity index (χ2v) is 18.9. The van der Waals surface area contributed by atoms with Crippen molar-refractivity contribution in [3.05, 3.63) is 24.3 Å². The molecule has 0 heterocycles. The first-order valence-electron chi connectivity index (χ1n) is 27.6. The van der Waals surface area contributed by atoms with E-state index in [0.717, 1.165) is 70.6 Å². The normalized spacial score (nSPS) is 12.8. The van der Waals surface area contributed by atoms with Crippen LogP contribution in [0.4, 0.5) is 0 Å². The van der Waals surface area contributed by atoms with Crippen LogP contribution < -0.4 is 5.32 Å². The average molecular weight is 874 g/mol. The summed E-state index contributed by atoms with van der Waals surface area (Å²) in [7, 11) is 0. The predicted octanol–water partition coefficient (Wildman–Crippen LogP) is 16.7. The Balaban J connectivity index is 3.50. The van der Waals surface area contributed by atoms with Crippen molar-refractivity contribution in [2.24, 2.45) is 0 Å². The molecule has 366 valence electrons. The molecule has 0 rings (SSSR count). The molecular formula is C56H107NO5. The number of amides is 1. The van der Waals surface area contributed by atoms with Crippen LogP contribution in [-0.2, 0) is 14.3 Å². The molecule has 0 aliphatic rings. The molecule has 0 spiro atoms. The van der Waals surface area contributed by atoms with Crippen LogP contribution in [0.5, 0.6) is 0 Å². The third kappa shape index (κ3) is 47.8. The molecule has 0 aliphatic carbocycles. The van der Waals surface area contributed by atoms with Crippen LogP contribution in [0.15, 0.2) is 24.3 Å². The Labute approximate surface area is 386 Å². The first-order chi connectivity index (χ1) is 30.5. The zero-order valence-electron chi connectivity index (χ0n) is 41.6. The van der Waals surface area contributed by atoms with Crippen molar-refractivity contribution in [1.82, 2.24) is 5.32 Å². The Morgan fingerprint density at radius 3 is 1.15 bits per heavy atom. The molecule has 0 aromatic carbocycles. The van der Waals surface area contributed by atoms with Crippen LogP contribution in [0.1, 0.15) is 296 Å². The van der Waals surface area contributed by atoms with Gasteiger partial charge in [-0.25, -0.2) is 0 Å². The number of nitrogens with one attached hydrogen (secondary N) is 1. The van der Waals surface area contributed by atoms with Crippen molar-refractivity contribution < 1.29 is 24.5 Å². The molecule has 6 nitrogen and oxygen atoms in total. The number of hydrogen-bond donors (Lipinski definition) is 3. The van der Waals surface area contributed by atoms with E-state index in [2.05, 4.69) is 31.3 Å². The number of carbonyl (C=O) groups excluding carboxylic acids is 2. The van der Waals surface area contributed by atoms with Crippen LogP contribution in [0.2, 0.25) is 0 Å². The fraction of sp³-hybridized carbons (Fsp3) is 0.893. The second kappa shape index (κ2) is 52.0. The second-order valence-electron chi connectivity index (χ2n) is 18.9. The van der Waals surface area contributed by atoms with Gasteiger partial charge in [0, 0.05) is 12.8 Å². The van der Waals surface area contributed by atoms with Crippen LogP contribution >= 0.6 is 0 Å². The van der Waals surface area contributed by atoms with E-state index in [0.29, 0.717) is 19.4 Å². The van der Waals surface area contributed by atoms with E-state index in [-0.39, 0.29) is 18.5 Å². The van der Waals surface area contributed by atoms with Crippen molar-refractivity contribution in [1.29, 1.82) is 0 Å². The van der Waals surface area contributed by atoms with Gasteiger partial charge in [0.2, 0.25) is 5.91 Å². The van der Waals surface area contributed by atoms with Crippen molar-refractivity contribution in [2.45, 2.75) is 309 Å². The van der Waals surface area contributed by atoms with Gasteiger partial charge in [0.25, 0.3) is 0 Å². The number of carbonyl (C=O) groups is 2. The van der Waals surface area contributed by atoms with Gasteiger partial charge in [0.05, 0.1) is 25.4 Å². The summed E-state index contributed by atoms with van der Waals surface area (Å²) in [5.41, 5.74) is 0. The maximum Gasteiger partial charge on any atom is 0.305 e. The molecule has 0 saturated heterocycles. The zero-order valence-corrected chi connectivity index (χ0v) is 41.6. The smallest absolute Gasteiger partial charge is 0.305 e. The lowest BCUT2D eigenvalue weighted by Gasteiger charge is -2.20. The van der Waals surface area contributed by atoms with Crippen LogP contribution in [-0.4, -0.2) is 47.4 Å². The van der Waals surface area contributed by atoms with E-state index in [1.807, 2.05) is 6.08 Å². The Morgan fingerprint density at radius 1 is 0.435 bits per heavy atom. The quantitative estimate of drug-likeness (QED) is 0.0321. The fourth-order valence-electron chi connectivity index (χ4n) is 8.45. The molecule has 62 heavy (non-hydrogen) atoms. The number of allylic oxidation sites excluding steroid dienone is 3. The van der Waals surface area contributed by atoms with Gasteiger partial charge in [-0.3, -0.25) is 9.59 Å². The Bertz CT molecular complexity index is 966. The Hall–Kier alpha value is -1.66. The molecule has 0 radical (unpaired) electrons. The van der Waals surface area contributed by atoms with E-state index >= 15 is 0 Å². The summed E-state index contributed by atoms with van der Waals surface area (Å²) in [6.45, 7) is 4.88. The number of esters is 1. The van der Waals surface area contributed by atoms with E-state index < -0.39 is 12.1 Å². The molecule has 0 aromatic heterocycles. The summed E-state index contributed by atoms with van der Waals surface area (Å²) in [5.74, 6) is -0.0909. The number of aliphatic hydroxyl groups is 2. The standard InChI is InChI=1S/C56H107NO5/c1-3-5-7-9-11-13-15-17-19-21-24-28-32-36-40-44-48-54(59)53(52-58)57-55(60)49-45-41-37-33-29-25-22-20-23-27-31-35-39-43-47-51-62-56(61)50-46-42-38-34-30-26-18-16-14-12-10-8-6-4-2/h23,27,44,48,53-54,58-59H,3-22,24-26,28-43,45-47,49-52H2,1-2H3,(H,57,60)/b27-23-,48-44+. The SMILES string of the molecule is CCCCCCCCCCCCCCCC/C=C/C(O)C(CO)NC(=O)CCCCCCCCC/C=C\CCCCCCOC(=O)CCCCCCCCCCCCCCCC. The third-order valence-electron chi connectivity index (χ3n) is 12.7. The highest BCUT2D eigenvalue weighted by Crippen LogP contribution is 2.16. The molecular weight excluding hydrogens is 767 g/mol. The highest BCUT2D eigenvalue weighted by molar-refractivity contribution is 5.76. The Kier molecular flexibility index (Phi) is 50.6. The zero-order chi connectivity index (χ0) is 45.1. The maximum atomic E-state index is 12.4. The van der Waals surface area contributed by atoms with Crippen molar-refractivity contribution in [2.75, 3.05) is 13.2 Å². The van der Waals surface area contributed by atoms with E-state index in [9.17, 15) is 19.8 Å². The predicted molar refractivity (Wildman–Crippen MR) is 269 cm³/mol.